The Kier molecular flexibility index (Phi) is 28.1. The fraction of sp³-hybridized carbons (Fsp3) is 0.477. The van der Waals surface area contributed by atoms with Gasteiger partial charge in [-0.15, -0.1) is 0 Å². The highest BCUT2D eigenvalue weighted by atomic mass is 16.2. The molecule has 0 radical (unpaired) electrons. The summed E-state index contributed by atoms with van der Waals surface area (Å²) in [6.45, 7) is 27.8. The molecule has 8 aromatic heterocycles. The summed E-state index contributed by atoms with van der Waals surface area (Å²) in [6, 6.07) is 25.3. The zero-order chi connectivity index (χ0) is 86.7. The molecule has 4 fully saturated rings. The predicted octanol–water partition coefficient (Wildman–Crippen LogP) is 15.6. The highest BCUT2D eigenvalue weighted by molar-refractivity contribution is 5.93. The minimum Gasteiger partial charge on any atom is -0.399 e. The number of aromatic nitrogens is 16. The van der Waals surface area contributed by atoms with Crippen LogP contribution in [0.5, 0.6) is 0 Å². The molecule has 2 amide bonds. The number of carbonyl (C=O) groups is 2. The average molecular weight is 1660 g/mol. The molecule has 8 heterocycles. The number of carbonyl (C=O) groups excluding carboxylic acids is 2. The number of nitrogens with one attached hydrogen (secondary N) is 10. The van der Waals surface area contributed by atoms with Crippen LogP contribution >= 0.6 is 0 Å². The van der Waals surface area contributed by atoms with Crippen molar-refractivity contribution in [1.29, 1.82) is 0 Å². The van der Waals surface area contributed by atoms with Gasteiger partial charge in [0, 0.05) is 132 Å². The summed E-state index contributed by atoms with van der Waals surface area (Å²) < 4.78 is 8.18. The second-order valence-electron chi connectivity index (χ2n) is 34.4. The lowest BCUT2D eigenvalue weighted by Crippen LogP contribution is -2.43. The summed E-state index contributed by atoms with van der Waals surface area (Å²) >= 11 is 0. The summed E-state index contributed by atoms with van der Waals surface area (Å²) in [5.41, 5.74) is 53.8. The fourth-order valence-corrected chi connectivity index (χ4v) is 16.4. The van der Waals surface area contributed by atoms with E-state index in [1.165, 1.54) is 39.5 Å². The van der Waals surface area contributed by atoms with Gasteiger partial charge in [0.05, 0.1) is 25.3 Å². The normalized spacial score (nSPS) is 19.1. The van der Waals surface area contributed by atoms with Gasteiger partial charge in [-0.25, -0.2) is 19.9 Å². The van der Waals surface area contributed by atoms with Crippen molar-refractivity contribution in [2.45, 2.75) is 272 Å². The van der Waals surface area contributed by atoms with Crippen LogP contribution < -0.4 is 87.6 Å². The molecule has 0 unspecified atom stereocenters. The van der Waals surface area contributed by atoms with E-state index < -0.39 is 0 Å². The highest BCUT2D eigenvalue weighted by Gasteiger charge is 2.30. The molecule has 122 heavy (non-hydrogen) atoms. The minimum atomic E-state index is -0.114. The Hall–Kier alpha value is -12.1. The van der Waals surface area contributed by atoms with E-state index in [2.05, 4.69) is 138 Å². The molecule has 0 aliphatic heterocycles. The number of rotatable bonds is 22. The van der Waals surface area contributed by atoms with Crippen LogP contribution in [0.25, 0.3) is 44.7 Å². The van der Waals surface area contributed by atoms with E-state index in [0.717, 1.165) is 167 Å². The Morgan fingerprint density at radius 1 is 0.320 bits per heavy atom. The number of hydrogen-bond acceptors (Lipinski definition) is 28. The van der Waals surface area contributed by atoms with Crippen molar-refractivity contribution in [1.82, 2.24) is 78.1 Å². The second-order valence-corrected chi connectivity index (χ2v) is 34.4. The maximum atomic E-state index is 11.5. The van der Waals surface area contributed by atoms with Gasteiger partial charge in [0.25, 0.3) is 0 Å². The average Bonchev–Trinajstić information content (AvgIpc) is 1.63. The van der Waals surface area contributed by atoms with Crippen molar-refractivity contribution >= 4 is 149 Å². The van der Waals surface area contributed by atoms with Crippen LogP contribution in [0.15, 0.2) is 98.1 Å². The van der Waals surface area contributed by atoms with Crippen LogP contribution in [0, 0.1) is 27.7 Å². The second kappa shape index (κ2) is 39.1. The number of imidazole rings is 4. The Balaban J connectivity index is 0.000000140. The molecule has 4 aromatic carbocycles. The van der Waals surface area contributed by atoms with Gasteiger partial charge >= 0.3 is 0 Å². The maximum absolute atomic E-state index is 11.5. The van der Waals surface area contributed by atoms with Crippen LogP contribution in [0.4, 0.5) is 92.6 Å². The van der Waals surface area contributed by atoms with Crippen molar-refractivity contribution in [2.24, 2.45) is 22.9 Å². The van der Waals surface area contributed by atoms with Gasteiger partial charge in [0.1, 0.15) is 0 Å². The molecule has 648 valence electrons. The lowest BCUT2D eigenvalue weighted by atomic mass is 9.91. The van der Waals surface area contributed by atoms with Gasteiger partial charge in [-0.05, 0) is 230 Å². The number of nitrogens with zero attached hydrogens (tertiary/aromatic N) is 16. The Morgan fingerprint density at radius 2 is 0.541 bits per heavy atom. The van der Waals surface area contributed by atoms with E-state index in [4.69, 9.17) is 74.3 Å². The largest absolute Gasteiger partial charge is 0.399 e. The summed E-state index contributed by atoms with van der Waals surface area (Å²) in [5, 5.41) is 33.1. The molecular weight excluding hydrogens is 1540 g/mol. The van der Waals surface area contributed by atoms with Crippen molar-refractivity contribution in [3.05, 3.63) is 120 Å². The molecule has 4 saturated carbocycles. The number of fused-ring (bicyclic) bond motifs is 4. The summed E-state index contributed by atoms with van der Waals surface area (Å²) in [6.07, 6.45) is 24.7. The number of anilines is 16. The highest BCUT2D eigenvalue weighted by Crippen LogP contribution is 2.36. The van der Waals surface area contributed by atoms with Gasteiger partial charge in [-0.2, -0.15) is 39.9 Å². The topological polar surface area (TPSA) is 485 Å². The first kappa shape index (κ1) is 87.7. The van der Waals surface area contributed by atoms with Crippen LogP contribution in [0.3, 0.4) is 0 Å². The smallest absolute Gasteiger partial charge is 0.227 e. The SMILES string of the molecule is CC(=O)Nc1cc(C)cc(Nc2nc(N[C@@H]3CCCC[C@@H]3N)nc3c2ncn3C(C)C)c1.CC(=O)Nc1cc(C)cc(Nc2nc(N[C@H]3CCCC[C@H]3N)nc3c2ncn3C(C)C)c1.Cc1cc(N)cc(Nc2nc(N[C@@H]3CCCC[C@@H]3N)nc3c2ncn3C(C)C)c1.Cc1cc(N)cc(Nc2nc(N[C@H]3CCCC[C@H]3N)nc3c2ncn3C(C)C)c1. The van der Waals surface area contributed by atoms with E-state index in [1.807, 2.05) is 122 Å². The molecule has 12 aromatic rings. The quantitative estimate of drug-likeness (QED) is 0.0280. The molecule has 16 rings (SSSR count). The lowest BCUT2D eigenvalue weighted by molar-refractivity contribution is -0.115. The number of benzene rings is 4. The standard InChI is InChI=1S/2C23H32N8O.2C21H30N8/c2*1-13(2)31-12-25-20-21(27-17-10-14(3)9-16(11-17)26-15(4)32)29-23(30-22(20)31)28-19-8-6-5-7-18(19)24;2*1-12(2)29-11-24-18-19(25-15-9-13(3)8-14(22)10-15)27-21(28-20(18)29)26-17-7-5-4-6-16(17)23/h2*9-13,18-19H,5-8,24H2,1-4H3,(H,26,32)(H2,27,28,29,30);2*8-12,16-17H,4-7,22-23H2,1-3H3,(H2,25,26,27,28)/t2*18-,19+;2*16-,17+/m1010/s1. The third-order valence-electron chi connectivity index (χ3n) is 22.5. The predicted molar refractivity (Wildman–Crippen MR) is 494 cm³/mol. The third kappa shape index (κ3) is 22.1. The Morgan fingerprint density at radius 3 is 0.762 bits per heavy atom. The van der Waals surface area contributed by atoms with E-state index in [-0.39, 0.29) is 84.3 Å². The van der Waals surface area contributed by atoms with Gasteiger partial charge in [0.2, 0.25) is 35.6 Å². The molecule has 4 aliphatic carbocycles. The van der Waals surface area contributed by atoms with Crippen molar-refractivity contribution < 1.29 is 9.59 Å². The summed E-state index contributed by atoms with van der Waals surface area (Å²) in [7, 11) is 0. The van der Waals surface area contributed by atoms with Gasteiger partial charge in [-0.1, -0.05) is 51.4 Å². The first-order valence-electron chi connectivity index (χ1n) is 43.1. The molecule has 0 saturated heterocycles. The number of amides is 2. The van der Waals surface area contributed by atoms with Gasteiger partial charge < -0.3 is 106 Å². The van der Waals surface area contributed by atoms with Crippen molar-refractivity contribution in [3.8, 4) is 0 Å². The zero-order valence-corrected chi connectivity index (χ0v) is 72.9. The molecule has 0 spiro atoms. The Bertz CT molecular complexity index is 5250. The zero-order valence-electron chi connectivity index (χ0n) is 72.9. The maximum Gasteiger partial charge on any atom is 0.227 e. The van der Waals surface area contributed by atoms with Crippen LogP contribution in [-0.4, -0.2) is 138 Å². The fourth-order valence-electron chi connectivity index (χ4n) is 16.4. The van der Waals surface area contributed by atoms with E-state index in [1.54, 1.807) is 12.7 Å². The molecule has 34 heteroatoms. The molecule has 4 aliphatic rings. The summed E-state index contributed by atoms with van der Waals surface area (Å²) in [5.74, 6) is 4.54. The number of hydrogen-bond donors (Lipinski definition) is 16. The summed E-state index contributed by atoms with van der Waals surface area (Å²) in [4.78, 5) is 79.5. The monoisotopic (exact) mass is 1660 g/mol. The van der Waals surface area contributed by atoms with Gasteiger partial charge in [-0.3, -0.25) is 9.59 Å². The minimum absolute atomic E-state index is 0.0893. The molecular formula is C88H124N32O2. The van der Waals surface area contributed by atoms with Crippen LogP contribution in [0.1, 0.15) is 218 Å². The lowest BCUT2D eigenvalue weighted by Gasteiger charge is -2.29. The number of nitrogen functional groups attached to an aromatic ring is 2. The molecule has 22 N–H and O–H groups in total. The van der Waals surface area contributed by atoms with Crippen LogP contribution in [0.2, 0.25) is 0 Å². The first-order chi connectivity index (χ1) is 58.4. The third-order valence-corrected chi connectivity index (χ3v) is 22.5. The first-order valence-corrected chi connectivity index (χ1v) is 43.1. The van der Waals surface area contributed by atoms with E-state index in [9.17, 15) is 9.59 Å². The van der Waals surface area contributed by atoms with E-state index >= 15 is 0 Å². The molecule has 0 bridgehead atoms. The van der Waals surface area contributed by atoms with Crippen molar-refractivity contribution in [3.63, 3.8) is 0 Å². The van der Waals surface area contributed by atoms with Crippen LogP contribution in [-0.2, 0) is 9.59 Å². The Labute approximate surface area is 713 Å². The molecule has 34 nitrogen and oxygen atoms in total. The number of aryl methyl sites for hydroxylation is 4. The number of nitrogens with two attached hydrogens (primary N) is 6. The van der Waals surface area contributed by atoms with Gasteiger partial charge in [0.15, 0.2) is 67.9 Å². The van der Waals surface area contributed by atoms with E-state index in [0.29, 0.717) is 69.5 Å². The molecule has 8 atom stereocenters. The van der Waals surface area contributed by atoms with Crippen molar-refractivity contribution in [2.75, 3.05) is 64.6 Å².